The molecule has 0 aromatic carbocycles. The second kappa shape index (κ2) is 6.65. The SMILES string of the molecule is CN(CCCn1cccc1)C[C@@H]1CC(=O)N(C(C)(C)C)C1. The number of hydrogen-bond acceptors (Lipinski definition) is 2. The number of hydrogen-bond donors (Lipinski definition) is 0. The van der Waals surface area contributed by atoms with Gasteiger partial charge < -0.3 is 14.4 Å². The molecule has 4 nitrogen and oxygen atoms in total. The van der Waals surface area contributed by atoms with Crippen LogP contribution in [0.5, 0.6) is 0 Å². The normalized spacial score (nSPS) is 19.8. The van der Waals surface area contributed by atoms with E-state index in [4.69, 9.17) is 0 Å². The summed E-state index contributed by atoms with van der Waals surface area (Å²) < 4.78 is 2.22. The number of rotatable bonds is 6. The minimum atomic E-state index is -0.0428. The van der Waals surface area contributed by atoms with Crippen LogP contribution in [0.4, 0.5) is 0 Å². The number of aromatic nitrogens is 1. The number of aryl methyl sites for hydroxylation is 1. The molecule has 21 heavy (non-hydrogen) atoms. The monoisotopic (exact) mass is 291 g/mol. The van der Waals surface area contributed by atoms with Crippen LogP contribution < -0.4 is 0 Å². The summed E-state index contributed by atoms with van der Waals surface area (Å²) in [5.41, 5.74) is -0.0428. The molecule has 1 atom stereocenters. The second-order valence-electron chi connectivity index (χ2n) is 7.28. The van der Waals surface area contributed by atoms with E-state index < -0.39 is 0 Å². The molecule has 0 saturated carbocycles. The minimum Gasteiger partial charge on any atom is -0.354 e. The molecule has 0 N–H and O–H groups in total. The molecule has 1 fully saturated rings. The van der Waals surface area contributed by atoms with Crippen molar-refractivity contribution < 1.29 is 4.79 Å². The van der Waals surface area contributed by atoms with E-state index in [1.54, 1.807) is 0 Å². The standard InChI is InChI=1S/C17H29N3O/c1-17(2,3)20-14-15(12-16(20)21)13-18(4)8-7-11-19-9-5-6-10-19/h5-6,9-10,15H,7-8,11-14H2,1-4H3/t15-/m0/s1. The van der Waals surface area contributed by atoms with Crippen LogP contribution in [-0.4, -0.2) is 52.5 Å². The molecule has 118 valence electrons. The number of carbonyl (C=O) groups is 1. The largest absolute Gasteiger partial charge is 0.354 e. The Morgan fingerprint density at radius 3 is 2.52 bits per heavy atom. The van der Waals surface area contributed by atoms with Crippen LogP contribution in [0.1, 0.15) is 33.6 Å². The van der Waals surface area contributed by atoms with Crippen molar-refractivity contribution in [3.63, 3.8) is 0 Å². The van der Waals surface area contributed by atoms with Crippen LogP contribution >= 0.6 is 0 Å². The van der Waals surface area contributed by atoms with Gasteiger partial charge in [0.05, 0.1) is 0 Å². The van der Waals surface area contributed by atoms with Crippen LogP contribution in [0, 0.1) is 5.92 Å². The average molecular weight is 291 g/mol. The third-order valence-electron chi connectivity index (χ3n) is 4.21. The van der Waals surface area contributed by atoms with Gasteiger partial charge in [0.25, 0.3) is 0 Å². The Morgan fingerprint density at radius 1 is 1.29 bits per heavy atom. The molecule has 1 aromatic rings. The molecule has 0 bridgehead atoms. The van der Waals surface area contributed by atoms with Gasteiger partial charge in [0.15, 0.2) is 0 Å². The van der Waals surface area contributed by atoms with Crippen LogP contribution in [0.25, 0.3) is 0 Å². The third-order valence-corrected chi connectivity index (χ3v) is 4.21. The predicted octanol–water partition coefficient (Wildman–Crippen LogP) is 2.46. The van der Waals surface area contributed by atoms with Crippen molar-refractivity contribution in [1.29, 1.82) is 0 Å². The Hall–Kier alpha value is -1.29. The van der Waals surface area contributed by atoms with Crippen molar-refractivity contribution in [2.45, 2.75) is 45.7 Å². The lowest BCUT2D eigenvalue weighted by Crippen LogP contribution is -2.42. The molecule has 1 amide bonds. The molecule has 1 aromatic heterocycles. The minimum absolute atomic E-state index is 0.0428. The van der Waals surface area contributed by atoms with Crippen molar-refractivity contribution in [2.75, 3.05) is 26.7 Å². The van der Waals surface area contributed by atoms with Crippen molar-refractivity contribution >= 4 is 5.91 Å². The molecule has 1 aliphatic rings. The fraction of sp³-hybridized carbons (Fsp3) is 0.706. The zero-order valence-electron chi connectivity index (χ0n) is 13.9. The lowest BCUT2D eigenvalue weighted by Gasteiger charge is -2.32. The molecule has 0 spiro atoms. The lowest BCUT2D eigenvalue weighted by atomic mass is 10.1. The maximum absolute atomic E-state index is 12.1. The summed E-state index contributed by atoms with van der Waals surface area (Å²) in [6.07, 6.45) is 6.07. The summed E-state index contributed by atoms with van der Waals surface area (Å²) in [5, 5.41) is 0. The number of amides is 1. The van der Waals surface area contributed by atoms with E-state index in [0.717, 1.165) is 32.6 Å². The Kier molecular flexibility index (Phi) is 5.09. The first kappa shape index (κ1) is 16.1. The van der Waals surface area contributed by atoms with E-state index in [2.05, 4.69) is 61.8 Å². The van der Waals surface area contributed by atoms with Gasteiger partial charge in [-0.3, -0.25) is 4.79 Å². The first-order valence-electron chi connectivity index (χ1n) is 7.96. The fourth-order valence-electron chi connectivity index (χ4n) is 3.13. The summed E-state index contributed by atoms with van der Waals surface area (Å²) in [7, 11) is 2.17. The molecular weight excluding hydrogens is 262 g/mol. The molecule has 4 heteroatoms. The Bertz CT molecular complexity index is 447. The van der Waals surface area contributed by atoms with Crippen LogP contribution in [0.3, 0.4) is 0 Å². The molecule has 0 radical (unpaired) electrons. The average Bonchev–Trinajstić information content (AvgIpc) is 2.98. The topological polar surface area (TPSA) is 28.5 Å². The highest BCUT2D eigenvalue weighted by Gasteiger charge is 2.36. The van der Waals surface area contributed by atoms with Crippen molar-refractivity contribution in [1.82, 2.24) is 14.4 Å². The van der Waals surface area contributed by atoms with Crippen LogP contribution in [0.15, 0.2) is 24.5 Å². The highest BCUT2D eigenvalue weighted by molar-refractivity contribution is 5.79. The van der Waals surface area contributed by atoms with Crippen molar-refractivity contribution in [2.24, 2.45) is 5.92 Å². The van der Waals surface area contributed by atoms with E-state index in [1.165, 1.54) is 0 Å². The smallest absolute Gasteiger partial charge is 0.223 e. The van der Waals surface area contributed by atoms with Gasteiger partial charge in [-0.25, -0.2) is 0 Å². The first-order valence-corrected chi connectivity index (χ1v) is 7.96. The number of carbonyl (C=O) groups excluding carboxylic acids is 1. The zero-order chi connectivity index (χ0) is 15.5. The maximum Gasteiger partial charge on any atom is 0.223 e. The molecule has 1 aliphatic heterocycles. The van der Waals surface area contributed by atoms with Crippen LogP contribution in [-0.2, 0) is 11.3 Å². The molecular formula is C17H29N3O. The van der Waals surface area contributed by atoms with Crippen LogP contribution in [0.2, 0.25) is 0 Å². The fourth-order valence-corrected chi connectivity index (χ4v) is 3.13. The van der Waals surface area contributed by atoms with Crippen molar-refractivity contribution in [3.8, 4) is 0 Å². The van der Waals surface area contributed by atoms with E-state index in [9.17, 15) is 4.79 Å². The highest BCUT2D eigenvalue weighted by Crippen LogP contribution is 2.26. The highest BCUT2D eigenvalue weighted by atomic mass is 16.2. The molecule has 0 aliphatic carbocycles. The third kappa shape index (κ3) is 4.60. The second-order valence-corrected chi connectivity index (χ2v) is 7.28. The van der Waals surface area contributed by atoms with Gasteiger partial charge in [-0.05, 0) is 58.8 Å². The van der Waals surface area contributed by atoms with Gasteiger partial charge >= 0.3 is 0 Å². The summed E-state index contributed by atoms with van der Waals surface area (Å²) in [5.74, 6) is 0.793. The van der Waals surface area contributed by atoms with Gasteiger partial charge in [-0.15, -0.1) is 0 Å². The first-order chi connectivity index (χ1) is 9.86. The van der Waals surface area contributed by atoms with E-state index in [-0.39, 0.29) is 5.54 Å². The van der Waals surface area contributed by atoms with Gasteiger partial charge in [0.2, 0.25) is 5.91 Å². The summed E-state index contributed by atoms with van der Waals surface area (Å²) in [4.78, 5) is 16.5. The summed E-state index contributed by atoms with van der Waals surface area (Å²) in [6, 6.07) is 4.13. The molecule has 2 rings (SSSR count). The number of nitrogens with zero attached hydrogens (tertiary/aromatic N) is 3. The zero-order valence-corrected chi connectivity index (χ0v) is 13.9. The predicted molar refractivity (Wildman–Crippen MR) is 86.1 cm³/mol. The summed E-state index contributed by atoms with van der Waals surface area (Å²) in [6.45, 7) is 10.4. The quantitative estimate of drug-likeness (QED) is 0.805. The van der Waals surface area contributed by atoms with E-state index >= 15 is 0 Å². The lowest BCUT2D eigenvalue weighted by molar-refractivity contribution is -0.131. The Morgan fingerprint density at radius 2 is 1.95 bits per heavy atom. The summed E-state index contributed by atoms with van der Waals surface area (Å²) >= 11 is 0. The molecule has 2 heterocycles. The maximum atomic E-state index is 12.1. The number of likely N-dealkylation sites (tertiary alicyclic amines) is 1. The van der Waals surface area contributed by atoms with E-state index in [1.807, 2.05) is 4.90 Å². The molecule has 0 unspecified atom stereocenters. The van der Waals surface area contributed by atoms with Gasteiger partial charge in [-0.2, -0.15) is 0 Å². The van der Waals surface area contributed by atoms with Crippen molar-refractivity contribution in [3.05, 3.63) is 24.5 Å². The van der Waals surface area contributed by atoms with E-state index in [0.29, 0.717) is 18.2 Å². The van der Waals surface area contributed by atoms with Gasteiger partial charge in [-0.1, -0.05) is 0 Å². The Labute approximate surface area is 128 Å². The molecule has 1 saturated heterocycles. The van der Waals surface area contributed by atoms with Gasteiger partial charge in [0.1, 0.15) is 0 Å². The Balaban J connectivity index is 1.71. The van der Waals surface area contributed by atoms with Gasteiger partial charge in [0, 0.05) is 44.0 Å².